The number of carboxylic acids is 1. The van der Waals surface area contributed by atoms with Crippen molar-refractivity contribution in [3.8, 4) is 0 Å². The Morgan fingerprint density at radius 3 is 2.27 bits per heavy atom. The summed E-state index contributed by atoms with van der Waals surface area (Å²) < 4.78 is 5.05. The lowest BCUT2D eigenvalue weighted by atomic mass is 10.2. The summed E-state index contributed by atoms with van der Waals surface area (Å²) in [5.74, 6) is -0.374. The summed E-state index contributed by atoms with van der Waals surface area (Å²) >= 11 is 0. The second kappa shape index (κ2) is 4.77. The fraction of sp³-hybridized carbons (Fsp3) is 0.625. The number of carbonyl (C=O) groups is 1. The summed E-state index contributed by atoms with van der Waals surface area (Å²) in [4.78, 5) is 10.5. The highest BCUT2D eigenvalue weighted by atomic mass is 16.5. The molecular formula is C8H14O3. The molecule has 0 amide bonds. The standard InChI is InChI=1S/C8H14O3/c1-4-7(8(9)10)6(3)11-5-2/h4-5H2,1-3H3,(H,9,10)/b7-6-. The second-order valence-corrected chi connectivity index (χ2v) is 2.13. The topological polar surface area (TPSA) is 46.5 Å². The average Bonchev–Trinajstić information content (AvgIpc) is 1.88. The Balaban J connectivity index is 4.40. The van der Waals surface area contributed by atoms with Crippen LogP contribution in [0.15, 0.2) is 11.3 Å². The van der Waals surface area contributed by atoms with Gasteiger partial charge in [-0.2, -0.15) is 0 Å². The van der Waals surface area contributed by atoms with Crippen molar-refractivity contribution in [1.82, 2.24) is 0 Å². The van der Waals surface area contributed by atoms with Crippen molar-refractivity contribution in [1.29, 1.82) is 0 Å². The fourth-order valence-corrected chi connectivity index (χ4v) is 0.854. The largest absolute Gasteiger partial charge is 0.498 e. The van der Waals surface area contributed by atoms with Gasteiger partial charge < -0.3 is 9.84 Å². The van der Waals surface area contributed by atoms with Crippen LogP contribution in [-0.4, -0.2) is 17.7 Å². The van der Waals surface area contributed by atoms with E-state index < -0.39 is 5.97 Å². The van der Waals surface area contributed by atoms with Gasteiger partial charge in [-0.1, -0.05) is 6.92 Å². The number of ether oxygens (including phenoxy) is 1. The van der Waals surface area contributed by atoms with E-state index in [0.29, 0.717) is 24.4 Å². The van der Waals surface area contributed by atoms with Crippen molar-refractivity contribution < 1.29 is 14.6 Å². The van der Waals surface area contributed by atoms with Gasteiger partial charge in [-0.3, -0.25) is 0 Å². The zero-order valence-corrected chi connectivity index (χ0v) is 7.18. The molecule has 0 aliphatic heterocycles. The lowest BCUT2D eigenvalue weighted by molar-refractivity contribution is -0.133. The van der Waals surface area contributed by atoms with Gasteiger partial charge >= 0.3 is 5.97 Å². The van der Waals surface area contributed by atoms with Crippen molar-refractivity contribution >= 4 is 5.97 Å². The normalized spacial score (nSPS) is 12.3. The molecule has 0 heterocycles. The van der Waals surface area contributed by atoms with E-state index in [1.54, 1.807) is 13.8 Å². The lowest BCUT2D eigenvalue weighted by Gasteiger charge is -2.06. The van der Waals surface area contributed by atoms with Crippen LogP contribution in [-0.2, 0) is 9.53 Å². The fourth-order valence-electron chi connectivity index (χ4n) is 0.854. The van der Waals surface area contributed by atoms with E-state index in [2.05, 4.69) is 0 Å². The van der Waals surface area contributed by atoms with Crippen LogP contribution in [0.3, 0.4) is 0 Å². The number of hydrogen-bond donors (Lipinski definition) is 1. The molecule has 1 N–H and O–H groups in total. The Morgan fingerprint density at radius 2 is 2.00 bits per heavy atom. The third kappa shape index (κ3) is 3.07. The average molecular weight is 158 g/mol. The van der Waals surface area contributed by atoms with Crippen molar-refractivity contribution in [3.63, 3.8) is 0 Å². The van der Waals surface area contributed by atoms with Gasteiger partial charge in [0.05, 0.1) is 12.2 Å². The van der Waals surface area contributed by atoms with E-state index in [9.17, 15) is 4.79 Å². The molecule has 0 atom stereocenters. The van der Waals surface area contributed by atoms with Gasteiger partial charge in [0.15, 0.2) is 0 Å². The zero-order valence-electron chi connectivity index (χ0n) is 7.18. The molecular weight excluding hydrogens is 144 g/mol. The first-order chi connectivity index (χ1) is 5.13. The molecule has 0 saturated carbocycles. The minimum Gasteiger partial charge on any atom is -0.498 e. The summed E-state index contributed by atoms with van der Waals surface area (Å²) in [6.45, 7) is 5.82. The third-order valence-electron chi connectivity index (χ3n) is 1.40. The quantitative estimate of drug-likeness (QED) is 0.501. The molecule has 3 heteroatoms. The van der Waals surface area contributed by atoms with E-state index >= 15 is 0 Å². The first-order valence-electron chi connectivity index (χ1n) is 3.69. The number of rotatable bonds is 4. The number of hydrogen-bond acceptors (Lipinski definition) is 2. The SMILES string of the molecule is CCO/C(C)=C(/CC)C(=O)O. The van der Waals surface area contributed by atoms with Crippen molar-refractivity contribution in [3.05, 3.63) is 11.3 Å². The summed E-state index contributed by atoms with van der Waals surface area (Å²) in [6.07, 6.45) is 0.501. The Morgan fingerprint density at radius 1 is 1.45 bits per heavy atom. The van der Waals surface area contributed by atoms with E-state index in [0.717, 1.165) is 0 Å². The van der Waals surface area contributed by atoms with Crippen LogP contribution in [0.25, 0.3) is 0 Å². The number of carboxylic acid groups (broad SMARTS) is 1. The maximum absolute atomic E-state index is 10.5. The molecule has 0 aliphatic rings. The van der Waals surface area contributed by atoms with Gasteiger partial charge in [-0.05, 0) is 20.3 Å². The first-order valence-corrected chi connectivity index (χ1v) is 3.69. The molecule has 0 aromatic heterocycles. The highest BCUT2D eigenvalue weighted by Gasteiger charge is 2.08. The summed E-state index contributed by atoms with van der Waals surface area (Å²) in [5, 5.41) is 8.63. The van der Waals surface area contributed by atoms with Crippen LogP contribution < -0.4 is 0 Å². The van der Waals surface area contributed by atoms with E-state index in [4.69, 9.17) is 9.84 Å². The number of aliphatic carboxylic acids is 1. The summed E-state index contributed by atoms with van der Waals surface area (Å²) in [7, 11) is 0. The molecule has 0 aliphatic carbocycles. The van der Waals surface area contributed by atoms with E-state index in [-0.39, 0.29) is 0 Å². The molecule has 0 rings (SSSR count). The molecule has 0 spiro atoms. The van der Waals surface area contributed by atoms with Crippen LogP contribution in [0, 0.1) is 0 Å². The van der Waals surface area contributed by atoms with Gasteiger partial charge in [-0.15, -0.1) is 0 Å². The van der Waals surface area contributed by atoms with Gasteiger partial charge in [0.2, 0.25) is 0 Å². The van der Waals surface area contributed by atoms with Gasteiger partial charge in [0, 0.05) is 0 Å². The van der Waals surface area contributed by atoms with Gasteiger partial charge in [0.25, 0.3) is 0 Å². The van der Waals surface area contributed by atoms with E-state index in [1.807, 2.05) is 6.92 Å². The molecule has 0 unspecified atom stereocenters. The van der Waals surface area contributed by atoms with Crippen LogP contribution >= 0.6 is 0 Å². The Bertz CT molecular complexity index is 170. The minimum absolute atomic E-state index is 0.354. The van der Waals surface area contributed by atoms with Crippen molar-refractivity contribution in [2.24, 2.45) is 0 Å². The van der Waals surface area contributed by atoms with Crippen molar-refractivity contribution in [2.45, 2.75) is 27.2 Å². The smallest absolute Gasteiger partial charge is 0.334 e. The first kappa shape index (κ1) is 10.0. The molecule has 0 aromatic carbocycles. The Hall–Kier alpha value is -0.990. The maximum Gasteiger partial charge on any atom is 0.334 e. The summed E-state index contributed by atoms with van der Waals surface area (Å²) in [5.41, 5.74) is 0.354. The predicted octanol–water partition coefficient (Wildman–Crippen LogP) is 1.79. The van der Waals surface area contributed by atoms with Crippen LogP contribution in [0.2, 0.25) is 0 Å². The minimum atomic E-state index is -0.890. The maximum atomic E-state index is 10.5. The lowest BCUT2D eigenvalue weighted by Crippen LogP contribution is -2.04. The van der Waals surface area contributed by atoms with Crippen LogP contribution in [0.4, 0.5) is 0 Å². The molecule has 0 fully saturated rings. The van der Waals surface area contributed by atoms with Gasteiger partial charge in [-0.25, -0.2) is 4.79 Å². The predicted molar refractivity (Wildman–Crippen MR) is 42.3 cm³/mol. The van der Waals surface area contributed by atoms with Crippen LogP contribution in [0.5, 0.6) is 0 Å². The highest BCUT2D eigenvalue weighted by molar-refractivity contribution is 5.86. The second-order valence-electron chi connectivity index (χ2n) is 2.13. The molecule has 64 valence electrons. The van der Waals surface area contributed by atoms with Crippen LogP contribution in [0.1, 0.15) is 27.2 Å². The molecule has 3 nitrogen and oxygen atoms in total. The van der Waals surface area contributed by atoms with Crippen molar-refractivity contribution in [2.75, 3.05) is 6.61 Å². The monoisotopic (exact) mass is 158 g/mol. The summed E-state index contributed by atoms with van der Waals surface area (Å²) in [6, 6.07) is 0. The number of allylic oxidation sites excluding steroid dienone is 1. The molecule has 0 aromatic rings. The Kier molecular flexibility index (Phi) is 4.34. The Labute approximate surface area is 66.7 Å². The zero-order chi connectivity index (χ0) is 8.85. The highest BCUT2D eigenvalue weighted by Crippen LogP contribution is 2.09. The van der Waals surface area contributed by atoms with E-state index in [1.165, 1.54) is 0 Å². The van der Waals surface area contributed by atoms with Gasteiger partial charge in [0.1, 0.15) is 5.76 Å². The molecule has 0 bridgehead atoms. The molecule has 0 radical (unpaired) electrons. The third-order valence-corrected chi connectivity index (χ3v) is 1.40. The molecule has 11 heavy (non-hydrogen) atoms. The molecule has 0 saturated heterocycles.